The Labute approximate surface area is 119 Å². The van der Waals surface area contributed by atoms with Gasteiger partial charge in [0.05, 0.1) is 12.1 Å². The zero-order chi connectivity index (χ0) is 14.0. The van der Waals surface area contributed by atoms with Gasteiger partial charge in [0, 0.05) is 0 Å². The van der Waals surface area contributed by atoms with E-state index in [1.165, 1.54) is 51.2 Å². The van der Waals surface area contributed by atoms with E-state index < -0.39 is 5.97 Å². The highest BCUT2D eigenvalue weighted by Gasteiger charge is 2.35. The van der Waals surface area contributed by atoms with E-state index in [-0.39, 0.29) is 5.56 Å². The molecule has 20 heavy (non-hydrogen) atoms. The molecule has 1 aromatic rings. The number of carboxylic acid groups (broad SMARTS) is 1. The normalized spacial score (nSPS) is 23.0. The summed E-state index contributed by atoms with van der Waals surface area (Å²) in [6, 6.07) is 1.65. The Morgan fingerprint density at radius 3 is 2.50 bits per heavy atom. The lowest BCUT2D eigenvalue weighted by atomic mass is 9.68. The Morgan fingerprint density at radius 2 is 1.90 bits per heavy atom. The second kappa shape index (κ2) is 5.60. The van der Waals surface area contributed by atoms with Gasteiger partial charge in [-0.1, -0.05) is 19.3 Å². The molecule has 0 unspecified atom stereocenters. The summed E-state index contributed by atoms with van der Waals surface area (Å²) in [4.78, 5) is 13.2. The van der Waals surface area contributed by atoms with Crippen molar-refractivity contribution in [1.29, 1.82) is 0 Å². The van der Waals surface area contributed by atoms with Gasteiger partial charge in [-0.2, -0.15) is 0 Å². The Bertz CT molecular complexity index is 464. The van der Waals surface area contributed by atoms with Gasteiger partial charge in [-0.3, -0.25) is 4.90 Å². The van der Waals surface area contributed by atoms with E-state index in [1.807, 2.05) is 0 Å². The van der Waals surface area contributed by atoms with Gasteiger partial charge >= 0.3 is 5.97 Å². The van der Waals surface area contributed by atoms with Crippen LogP contribution in [-0.2, 0) is 6.54 Å². The minimum Gasteiger partial charge on any atom is -0.478 e. The van der Waals surface area contributed by atoms with Crippen molar-refractivity contribution >= 4 is 5.97 Å². The van der Waals surface area contributed by atoms with Crippen molar-refractivity contribution in [2.45, 2.75) is 51.5 Å². The second-order valence-electron chi connectivity index (χ2n) is 6.44. The first-order chi connectivity index (χ1) is 9.67. The highest BCUT2D eigenvalue weighted by atomic mass is 16.4. The van der Waals surface area contributed by atoms with Crippen molar-refractivity contribution in [1.82, 2.24) is 4.90 Å². The predicted molar refractivity (Wildman–Crippen MR) is 75.7 cm³/mol. The number of likely N-dealkylation sites (tertiary alicyclic amines) is 1. The average molecular weight is 277 g/mol. The number of carbonyl (C=O) groups is 1. The number of aromatic carboxylic acids is 1. The minimum absolute atomic E-state index is 0.251. The van der Waals surface area contributed by atoms with Gasteiger partial charge in [-0.15, -0.1) is 0 Å². The van der Waals surface area contributed by atoms with Crippen LogP contribution in [0, 0.1) is 5.41 Å². The van der Waals surface area contributed by atoms with Crippen molar-refractivity contribution in [3.8, 4) is 0 Å². The van der Waals surface area contributed by atoms with Gasteiger partial charge in [0.25, 0.3) is 0 Å². The fraction of sp³-hybridized carbons (Fsp3) is 0.688. The summed E-state index contributed by atoms with van der Waals surface area (Å²) in [5.74, 6) is -0.151. The third-order valence-electron chi connectivity index (χ3n) is 5.11. The Morgan fingerprint density at radius 1 is 1.20 bits per heavy atom. The molecule has 0 bridgehead atoms. The highest BCUT2D eigenvalue weighted by Crippen LogP contribution is 2.44. The summed E-state index contributed by atoms with van der Waals surface area (Å²) in [5.41, 5.74) is 0.866. The topological polar surface area (TPSA) is 53.7 Å². The Balaban J connectivity index is 1.54. The average Bonchev–Trinajstić information content (AvgIpc) is 2.92. The number of nitrogens with zero attached hydrogens (tertiary/aromatic N) is 1. The number of hydrogen-bond donors (Lipinski definition) is 1. The van der Waals surface area contributed by atoms with Crippen molar-refractivity contribution in [3.05, 3.63) is 23.7 Å². The number of furan rings is 1. The fourth-order valence-electron chi connectivity index (χ4n) is 3.78. The SMILES string of the molecule is O=C(O)c1coc(CN2CCC3(CCCCC3)CC2)c1. The first-order valence-corrected chi connectivity index (χ1v) is 7.70. The van der Waals surface area contributed by atoms with Crippen molar-refractivity contribution < 1.29 is 14.3 Å². The van der Waals surface area contributed by atoms with Crippen LogP contribution < -0.4 is 0 Å². The molecule has 2 heterocycles. The molecule has 2 aliphatic rings. The third-order valence-corrected chi connectivity index (χ3v) is 5.11. The van der Waals surface area contributed by atoms with Gasteiger partial charge < -0.3 is 9.52 Å². The lowest BCUT2D eigenvalue weighted by molar-refractivity contribution is 0.0608. The number of hydrogen-bond acceptors (Lipinski definition) is 3. The molecule has 3 rings (SSSR count). The first kappa shape index (κ1) is 13.7. The largest absolute Gasteiger partial charge is 0.478 e. The quantitative estimate of drug-likeness (QED) is 0.918. The highest BCUT2D eigenvalue weighted by molar-refractivity contribution is 5.87. The number of rotatable bonds is 3. The van der Waals surface area contributed by atoms with Crippen LogP contribution in [0.3, 0.4) is 0 Å². The van der Waals surface area contributed by atoms with Crippen molar-refractivity contribution in [2.24, 2.45) is 5.41 Å². The molecule has 1 aliphatic heterocycles. The number of carboxylic acids is 1. The molecule has 0 amide bonds. The van der Waals surface area contributed by atoms with Crippen molar-refractivity contribution in [2.75, 3.05) is 13.1 Å². The second-order valence-corrected chi connectivity index (χ2v) is 6.44. The van der Waals surface area contributed by atoms with E-state index in [0.717, 1.165) is 25.4 Å². The lowest BCUT2D eigenvalue weighted by Gasteiger charge is -2.44. The summed E-state index contributed by atoms with van der Waals surface area (Å²) >= 11 is 0. The molecule has 4 heteroatoms. The summed E-state index contributed by atoms with van der Waals surface area (Å²) in [6.45, 7) is 2.97. The maximum absolute atomic E-state index is 10.8. The van der Waals surface area contributed by atoms with E-state index in [4.69, 9.17) is 9.52 Å². The smallest absolute Gasteiger partial charge is 0.338 e. The zero-order valence-electron chi connectivity index (χ0n) is 11.9. The van der Waals surface area contributed by atoms with Crippen LogP contribution in [-0.4, -0.2) is 29.1 Å². The van der Waals surface area contributed by atoms with E-state index in [0.29, 0.717) is 5.41 Å². The molecule has 1 aliphatic carbocycles. The maximum atomic E-state index is 10.8. The van der Waals surface area contributed by atoms with Crippen LogP contribution >= 0.6 is 0 Å². The van der Waals surface area contributed by atoms with E-state index in [1.54, 1.807) is 6.07 Å². The molecular weight excluding hydrogens is 254 g/mol. The summed E-state index contributed by atoms with van der Waals surface area (Å²) in [6.07, 6.45) is 11.0. The molecule has 2 fully saturated rings. The molecule has 0 atom stereocenters. The molecule has 4 nitrogen and oxygen atoms in total. The van der Waals surface area contributed by atoms with Gasteiger partial charge in [0.2, 0.25) is 0 Å². The number of piperidine rings is 1. The van der Waals surface area contributed by atoms with Crippen LogP contribution in [0.2, 0.25) is 0 Å². The van der Waals surface area contributed by atoms with E-state index in [9.17, 15) is 4.79 Å². The molecule has 0 radical (unpaired) electrons. The Hall–Kier alpha value is -1.29. The molecule has 1 saturated carbocycles. The summed E-state index contributed by atoms with van der Waals surface area (Å²) < 4.78 is 5.34. The van der Waals surface area contributed by atoms with E-state index in [2.05, 4.69) is 4.90 Å². The van der Waals surface area contributed by atoms with Gasteiger partial charge in [0.1, 0.15) is 12.0 Å². The minimum atomic E-state index is -0.917. The predicted octanol–water partition coefficient (Wildman–Crippen LogP) is 3.52. The monoisotopic (exact) mass is 277 g/mol. The van der Waals surface area contributed by atoms with Gasteiger partial charge in [-0.25, -0.2) is 4.79 Å². The van der Waals surface area contributed by atoms with Gasteiger partial charge in [0.15, 0.2) is 0 Å². The lowest BCUT2D eigenvalue weighted by Crippen LogP contribution is -2.40. The van der Waals surface area contributed by atoms with Crippen LogP contribution in [0.4, 0.5) is 0 Å². The Kier molecular flexibility index (Phi) is 3.83. The standard InChI is InChI=1S/C16H23NO3/c18-15(19)13-10-14(20-12-13)11-17-8-6-16(7-9-17)4-2-1-3-5-16/h10,12H,1-9,11H2,(H,18,19). The third kappa shape index (κ3) is 2.90. The summed E-state index contributed by atoms with van der Waals surface area (Å²) in [7, 11) is 0. The molecule has 1 saturated heterocycles. The fourth-order valence-corrected chi connectivity index (χ4v) is 3.78. The molecule has 1 spiro atoms. The van der Waals surface area contributed by atoms with Crippen LogP contribution in [0.1, 0.15) is 61.1 Å². The molecule has 0 aromatic carbocycles. The zero-order valence-corrected chi connectivity index (χ0v) is 11.9. The first-order valence-electron chi connectivity index (χ1n) is 7.70. The van der Waals surface area contributed by atoms with Crippen LogP contribution in [0.5, 0.6) is 0 Å². The van der Waals surface area contributed by atoms with Crippen LogP contribution in [0.15, 0.2) is 16.7 Å². The maximum Gasteiger partial charge on any atom is 0.338 e. The molecule has 110 valence electrons. The molecular formula is C16H23NO3. The summed E-state index contributed by atoms with van der Waals surface area (Å²) in [5, 5.41) is 8.90. The van der Waals surface area contributed by atoms with Crippen molar-refractivity contribution in [3.63, 3.8) is 0 Å². The van der Waals surface area contributed by atoms with E-state index >= 15 is 0 Å². The van der Waals surface area contributed by atoms with Gasteiger partial charge in [-0.05, 0) is 50.3 Å². The van der Waals surface area contributed by atoms with Crippen LogP contribution in [0.25, 0.3) is 0 Å². The molecule has 1 aromatic heterocycles. The molecule has 1 N–H and O–H groups in total.